The predicted molar refractivity (Wildman–Crippen MR) is 192 cm³/mol. The van der Waals surface area contributed by atoms with E-state index in [9.17, 15) is 32.7 Å². The molecule has 0 atom stereocenters. The molecule has 51 heavy (non-hydrogen) atoms. The fraction of sp³-hybridized carbons (Fsp3) is 0.270. The number of sulfonamides is 1. The zero-order chi connectivity index (χ0) is 36.7. The van der Waals surface area contributed by atoms with Gasteiger partial charge in [-0.2, -0.15) is 4.31 Å². The summed E-state index contributed by atoms with van der Waals surface area (Å²) in [6.07, 6.45) is 3.02. The Bertz CT molecular complexity index is 2030. The molecule has 1 heterocycles. The monoisotopic (exact) mass is 732 g/mol. The van der Waals surface area contributed by atoms with Crippen LogP contribution >= 0.6 is 11.6 Å². The van der Waals surface area contributed by atoms with Gasteiger partial charge in [-0.1, -0.05) is 48.9 Å². The Labute approximate surface area is 300 Å². The molecule has 3 aromatic carbocycles. The van der Waals surface area contributed by atoms with Crippen molar-refractivity contribution in [2.75, 3.05) is 17.2 Å². The minimum Gasteiger partial charge on any atom is -0.481 e. The fourth-order valence-electron chi connectivity index (χ4n) is 6.12. The number of carbonyl (C=O) groups excluding carboxylic acids is 2. The molecule has 12 nitrogen and oxygen atoms in total. The highest BCUT2D eigenvalue weighted by molar-refractivity contribution is 7.89. The lowest BCUT2D eigenvalue weighted by molar-refractivity contribution is -0.143. The van der Waals surface area contributed by atoms with Crippen LogP contribution in [0.25, 0.3) is 0 Å². The van der Waals surface area contributed by atoms with Crippen molar-refractivity contribution in [3.63, 3.8) is 0 Å². The highest BCUT2D eigenvalue weighted by Gasteiger charge is 2.35. The molecule has 1 fully saturated rings. The van der Waals surface area contributed by atoms with Crippen LogP contribution in [0.1, 0.15) is 74.9 Å². The molecule has 14 heteroatoms. The number of hydrogen-bond donors (Lipinski definition) is 4. The Balaban J connectivity index is 1.25. The van der Waals surface area contributed by atoms with Crippen LogP contribution in [0.15, 0.2) is 89.8 Å². The zero-order valence-corrected chi connectivity index (χ0v) is 29.3. The number of halogens is 1. The second kappa shape index (κ2) is 16.3. The van der Waals surface area contributed by atoms with Crippen LogP contribution in [0.4, 0.5) is 11.4 Å². The van der Waals surface area contributed by atoms with Gasteiger partial charge in [-0.25, -0.2) is 18.2 Å². The second-order valence-corrected chi connectivity index (χ2v) is 14.5. The van der Waals surface area contributed by atoms with Crippen molar-refractivity contribution in [2.45, 2.75) is 56.4 Å². The van der Waals surface area contributed by atoms with E-state index in [1.807, 2.05) is 12.1 Å². The lowest BCUT2D eigenvalue weighted by Crippen LogP contribution is -2.42. The van der Waals surface area contributed by atoms with Crippen LogP contribution in [0.3, 0.4) is 0 Å². The maximum absolute atomic E-state index is 13.7. The standard InChI is InChI=1S/C37H37ClN4O8S/c1-2-42(29-18-14-26(15-19-29)37(47)48)51(49,50)30-5-3-4-27(22-30)34(43)40-31-20-21-32(38)41-33(31)35(44)39-28-16-10-24(11-17-28)7-6-23-8-12-25(13-9-23)36(45)46/h3-5,8-13,16-17,20-22,26,29H,2,6-7,14-15,18-19H2,1H3,(H,39,44)(H,40,43)(H,45,46)(H,47,48). The molecule has 0 aliphatic heterocycles. The van der Waals surface area contributed by atoms with Gasteiger partial charge in [0.2, 0.25) is 10.0 Å². The van der Waals surface area contributed by atoms with Crippen molar-refractivity contribution in [1.29, 1.82) is 0 Å². The first-order valence-corrected chi connectivity index (χ1v) is 18.2. The second-order valence-electron chi connectivity index (χ2n) is 12.2. The molecule has 0 unspecified atom stereocenters. The summed E-state index contributed by atoms with van der Waals surface area (Å²) in [7, 11) is -4.01. The Morgan fingerprint density at radius 3 is 2.02 bits per heavy atom. The highest BCUT2D eigenvalue weighted by Crippen LogP contribution is 2.31. The molecule has 2 amide bonds. The third-order valence-corrected chi connectivity index (χ3v) is 11.1. The van der Waals surface area contributed by atoms with Crippen LogP contribution in [0, 0.1) is 5.92 Å². The number of carbonyl (C=O) groups is 4. The van der Waals surface area contributed by atoms with Crippen LogP contribution in [-0.2, 0) is 27.7 Å². The number of benzene rings is 3. The summed E-state index contributed by atoms with van der Waals surface area (Å²) in [5.41, 5.74) is 2.64. The van der Waals surface area contributed by atoms with E-state index in [0.717, 1.165) is 11.1 Å². The van der Waals surface area contributed by atoms with E-state index in [-0.39, 0.29) is 45.1 Å². The molecule has 1 aromatic heterocycles. The average molecular weight is 733 g/mol. The van der Waals surface area contributed by atoms with Crippen molar-refractivity contribution in [3.05, 3.63) is 118 Å². The largest absolute Gasteiger partial charge is 0.481 e. The molecule has 0 bridgehead atoms. The van der Waals surface area contributed by atoms with E-state index in [1.165, 1.54) is 40.7 Å². The zero-order valence-electron chi connectivity index (χ0n) is 27.7. The molecule has 266 valence electrons. The van der Waals surface area contributed by atoms with Gasteiger partial charge in [0.15, 0.2) is 5.69 Å². The van der Waals surface area contributed by atoms with Crippen LogP contribution in [-0.4, -0.2) is 64.3 Å². The number of aromatic nitrogens is 1. The van der Waals surface area contributed by atoms with Crippen molar-refractivity contribution in [2.24, 2.45) is 5.92 Å². The summed E-state index contributed by atoms with van der Waals surface area (Å²) in [6.45, 7) is 1.90. The molecule has 1 saturated carbocycles. The Kier molecular flexibility index (Phi) is 11.9. The first-order valence-electron chi connectivity index (χ1n) is 16.4. The van der Waals surface area contributed by atoms with E-state index in [0.29, 0.717) is 44.2 Å². The SMILES string of the molecule is CCN(C1CCC(C(=O)O)CC1)S(=O)(=O)c1cccc(C(=O)Nc2ccc(Cl)nc2C(=O)Nc2ccc(CCc3ccc(C(=O)O)cc3)cc2)c1. The molecular weight excluding hydrogens is 696 g/mol. The van der Waals surface area contributed by atoms with Gasteiger partial charge in [0.25, 0.3) is 11.8 Å². The molecule has 0 spiro atoms. The number of aliphatic carboxylic acids is 1. The summed E-state index contributed by atoms with van der Waals surface area (Å²) < 4.78 is 28.8. The number of hydrogen-bond acceptors (Lipinski definition) is 7. The number of carboxylic acids is 2. The quantitative estimate of drug-likeness (QED) is 0.113. The maximum atomic E-state index is 13.7. The number of rotatable bonds is 13. The minimum atomic E-state index is -4.01. The lowest BCUT2D eigenvalue weighted by Gasteiger charge is -2.34. The molecule has 0 radical (unpaired) electrons. The predicted octanol–water partition coefficient (Wildman–Crippen LogP) is 6.38. The fourth-order valence-corrected chi connectivity index (χ4v) is 8.01. The summed E-state index contributed by atoms with van der Waals surface area (Å²) in [5, 5.41) is 23.8. The maximum Gasteiger partial charge on any atom is 0.335 e. The van der Waals surface area contributed by atoms with E-state index >= 15 is 0 Å². The summed E-state index contributed by atoms with van der Waals surface area (Å²) >= 11 is 6.12. The van der Waals surface area contributed by atoms with Gasteiger partial charge < -0.3 is 20.8 Å². The first kappa shape index (κ1) is 37.2. The lowest BCUT2D eigenvalue weighted by atomic mass is 9.86. The van der Waals surface area contributed by atoms with E-state index in [4.69, 9.17) is 16.7 Å². The first-order chi connectivity index (χ1) is 24.3. The number of aryl methyl sites for hydroxylation is 2. The van der Waals surface area contributed by atoms with Crippen molar-refractivity contribution in [1.82, 2.24) is 9.29 Å². The number of nitrogens with zero attached hydrogens (tertiary/aromatic N) is 2. The van der Waals surface area contributed by atoms with Gasteiger partial charge in [-0.15, -0.1) is 0 Å². The highest BCUT2D eigenvalue weighted by atomic mass is 35.5. The number of nitrogens with one attached hydrogen (secondary N) is 2. The number of aromatic carboxylic acids is 1. The van der Waals surface area contributed by atoms with E-state index in [2.05, 4.69) is 15.6 Å². The molecule has 1 aliphatic carbocycles. The Morgan fingerprint density at radius 2 is 1.43 bits per heavy atom. The Morgan fingerprint density at radius 1 is 0.804 bits per heavy atom. The molecular formula is C37H37ClN4O8S. The summed E-state index contributed by atoms with van der Waals surface area (Å²) in [4.78, 5) is 53.3. The summed E-state index contributed by atoms with van der Waals surface area (Å²) in [6, 6.07) is 22.0. The molecule has 4 N–H and O–H groups in total. The van der Waals surface area contributed by atoms with Gasteiger partial charge in [-0.3, -0.25) is 14.4 Å². The number of amides is 2. The third kappa shape index (κ3) is 9.17. The molecule has 1 aliphatic rings. The average Bonchev–Trinajstić information content (AvgIpc) is 3.12. The van der Waals surface area contributed by atoms with Crippen LogP contribution < -0.4 is 10.6 Å². The van der Waals surface area contributed by atoms with Gasteiger partial charge in [0.1, 0.15) is 5.15 Å². The van der Waals surface area contributed by atoms with Crippen molar-refractivity contribution in [3.8, 4) is 0 Å². The van der Waals surface area contributed by atoms with Crippen LogP contribution in [0.5, 0.6) is 0 Å². The van der Waals surface area contributed by atoms with Gasteiger partial charge >= 0.3 is 11.9 Å². The van der Waals surface area contributed by atoms with Gasteiger partial charge in [0.05, 0.1) is 22.1 Å². The topological polar surface area (TPSA) is 183 Å². The van der Waals surface area contributed by atoms with Crippen LogP contribution in [0.2, 0.25) is 5.15 Å². The molecule has 4 aromatic rings. The van der Waals surface area contributed by atoms with Gasteiger partial charge in [0, 0.05) is 23.8 Å². The number of pyridine rings is 1. The Hall–Kier alpha value is -5.11. The normalized spacial score (nSPS) is 16.0. The number of anilines is 2. The van der Waals surface area contributed by atoms with Crippen molar-refractivity contribution < 1.29 is 37.8 Å². The van der Waals surface area contributed by atoms with Crippen molar-refractivity contribution >= 4 is 56.8 Å². The van der Waals surface area contributed by atoms with Gasteiger partial charge in [-0.05, 0) is 104 Å². The number of carboxylic acid groups (broad SMARTS) is 2. The smallest absolute Gasteiger partial charge is 0.335 e. The minimum absolute atomic E-state index is 0.0232. The molecule has 0 saturated heterocycles. The molecule has 5 rings (SSSR count). The summed E-state index contributed by atoms with van der Waals surface area (Å²) in [5.74, 6) is -3.64. The van der Waals surface area contributed by atoms with E-state index in [1.54, 1.807) is 43.3 Å². The third-order valence-electron chi connectivity index (χ3n) is 8.91. The van der Waals surface area contributed by atoms with E-state index < -0.39 is 39.7 Å².